The lowest BCUT2D eigenvalue weighted by Gasteiger charge is -2.10. The maximum absolute atomic E-state index is 11.9. The number of H-pyrrole nitrogens is 1. The van der Waals surface area contributed by atoms with Gasteiger partial charge in [-0.1, -0.05) is 24.3 Å². The second kappa shape index (κ2) is 8.17. The molecule has 126 valence electrons. The van der Waals surface area contributed by atoms with Crippen LogP contribution in [0.3, 0.4) is 0 Å². The smallest absolute Gasteiger partial charge is 0.268 e. The first-order valence-corrected chi connectivity index (χ1v) is 7.72. The maximum Gasteiger partial charge on any atom is 0.268 e. The average molecular weight is 342 g/mol. The Morgan fingerprint density at radius 1 is 1.12 bits per heavy atom. The van der Waals surface area contributed by atoms with E-state index in [2.05, 4.69) is 25.5 Å². The minimum atomic E-state index is -0.470. The number of anilines is 2. The fraction of sp³-hybridized carbons (Fsp3) is 0. The topological polar surface area (TPSA) is 106 Å². The van der Waals surface area contributed by atoms with E-state index < -0.39 is 5.56 Å². The van der Waals surface area contributed by atoms with Crippen LogP contribution < -0.4 is 10.9 Å². The van der Waals surface area contributed by atoms with E-state index in [0.29, 0.717) is 11.3 Å². The third-order valence-corrected chi connectivity index (χ3v) is 3.43. The highest BCUT2D eigenvalue weighted by Gasteiger charge is 2.11. The molecule has 0 amide bonds. The van der Waals surface area contributed by atoms with Gasteiger partial charge in [0.25, 0.3) is 5.56 Å². The second-order valence-electron chi connectivity index (χ2n) is 5.20. The summed E-state index contributed by atoms with van der Waals surface area (Å²) in [6, 6.07) is 14.8. The molecule has 7 nitrogen and oxygen atoms in total. The van der Waals surface area contributed by atoms with Gasteiger partial charge in [-0.25, -0.2) is 0 Å². The van der Waals surface area contributed by atoms with Crippen LogP contribution in [0.25, 0.3) is 0 Å². The number of pyridine rings is 2. The van der Waals surface area contributed by atoms with Gasteiger partial charge in [-0.05, 0) is 18.2 Å². The minimum absolute atomic E-state index is 0.0194. The van der Waals surface area contributed by atoms with E-state index in [1.165, 1.54) is 12.4 Å². The summed E-state index contributed by atoms with van der Waals surface area (Å²) in [7, 11) is 0. The van der Waals surface area contributed by atoms with Crippen molar-refractivity contribution in [2.75, 3.05) is 5.32 Å². The molecule has 0 radical (unpaired) electrons. The molecule has 0 bridgehead atoms. The van der Waals surface area contributed by atoms with Gasteiger partial charge in [0.1, 0.15) is 11.6 Å². The third kappa shape index (κ3) is 4.07. The van der Waals surface area contributed by atoms with Crippen LogP contribution in [0.2, 0.25) is 0 Å². The summed E-state index contributed by atoms with van der Waals surface area (Å²) in [6.45, 7) is 0. The summed E-state index contributed by atoms with van der Waals surface area (Å²) >= 11 is 0. The number of hydrogen-bond acceptors (Lipinski definition) is 6. The van der Waals surface area contributed by atoms with Crippen molar-refractivity contribution in [3.05, 3.63) is 88.1 Å². The summed E-state index contributed by atoms with van der Waals surface area (Å²) < 4.78 is 0. The third-order valence-electron chi connectivity index (χ3n) is 3.43. The van der Waals surface area contributed by atoms with Crippen molar-refractivity contribution < 1.29 is 0 Å². The molecule has 3 aromatic rings. The van der Waals surface area contributed by atoms with Crippen molar-refractivity contribution in [3.8, 4) is 6.07 Å². The van der Waals surface area contributed by atoms with Crippen molar-refractivity contribution in [2.24, 2.45) is 10.2 Å². The molecule has 0 fully saturated rings. The zero-order valence-corrected chi connectivity index (χ0v) is 13.6. The molecule has 2 aromatic heterocycles. The number of benzene rings is 1. The summed E-state index contributed by atoms with van der Waals surface area (Å²) in [5, 5.41) is 20.4. The number of rotatable bonds is 5. The number of para-hydroxylation sites is 1. The first-order chi connectivity index (χ1) is 12.8. The Hall–Kier alpha value is -4.05. The van der Waals surface area contributed by atoms with Crippen molar-refractivity contribution in [3.63, 3.8) is 0 Å². The summed E-state index contributed by atoms with van der Waals surface area (Å²) in [5.41, 5.74) is 1.99. The Kier molecular flexibility index (Phi) is 5.28. The van der Waals surface area contributed by atoms with Crippen LogP contribution in [0.1, 0.15) is 16.7 Å². The standard InChI is InChI=1S/C19H14N6O/c20-9-17-18(25-16-6-2-1-3-7-16)15(12-22-19(17)26)13-24-23-11-14-5-4-8-21-10-14/h1-8,10-13H,(H2,22,25,26)/b23-11+,24-13+. The Bertz CT molecular complexity index is 1030. The van der Waals surface area contributed by atoms with Crippen LogP contribution in [0.4, 0.5) is 11.4 Å². The average Bonchev–Trinajstić information content (AvgIpc) is 2.68. The molecule has 2 heterocycles. The Morgan fingerprint density at radius 3 is 2.65 bits per heavy atom. The number of nitrogens with zero attached hydrogens (tertiary/aromatic N) is 4. The van der Waals surface area contributed by atoms with E-state index in [-0.39, 0.29) is 5.56 Å². The van der Waals surface area contributed by atoms with Crippen LogP contribution in [0.15, 0.2) is 76.1 Å². The SMILES string of the molecule is N#Cc1c(Nc2ccccc2)c(/C=N/N=C/c2cccnc2)c[nH]c1=O. The minimum Gasteiger partial charge on any atom is -0.354 e. The molecule has 0 aliphatic heterocycles. The highest BCUT2D eigenvalue weighted by molar-refractivity contribution is 5.91. The van der Waals surface area contributed by atoms with Gasteiger partial charge in [-0.2, -0.15) is 15.5 Å². The first-order valence-electron chi connectivity index (χ1n) is 7.72. The fourth-order valence-corrected chi connectivity index (χ4v) is 2.20. The highest BCUT2D eigenvalue weighted by Crippen LogP contribution is 2.21. The van der Waals surface area contributed by atoms with Gasteiger partial charge in [-0.15, -0.1) is 0 Å². The first kappa shape index (κ1) is 16.8. The number of hydrogen-bond donors (Lipinski definition) is 2. The summed E-state index contributed by atoms with van der Waals surface area (Å²) in [4.78, 5) is 18.4. The van der Waals surface area contributed by atoms with E-state index in [1.54, 1.807) is 24.7 Å². The lowest BCUT2D eigenvalue weighted by atomic mass is 10.1. The monoisotopic (exact) mass is 342 g/mol. The van der Waals surface area contributed by atoms with Crippen molar-refractivity contribution in [1.82, 2.24) is 9.97 Å². The molecule has 0 aliphatic rings. The molecule has 3 rings (SSSR count). The Morgan fingerprint density at radius 2 is 1.92 bits per heavy atom. The van der Waals surface area contributed by atoms with Crippen LogP contribution >= 0.6 is 0 Å². The van der Waals surface area contributed by atoms with Crippen LogP contribution in [-0.4, -0.2) is 22.4 Å². The van der Waals surface area contributed by atoms with Gasteiger partial charge in [0.2, 0.25) is 0 Å². The molecule has 7 heteroatoms. The summed E-state index contributed by atoms with van der Waals surface area (Å²) in [6.07, 6.45) is 7.85. The predicted molar refractivity (Wildman–Crippen MR) is 101 cm³/mol. The summed E-state index contributed by atoms with van der Waals surface area (Å²) in [5.74, 6) is 0. The Balaban J connectivity index is 1.91. The lowest BCUT2D eigenvalue weighted by molar-refractivity contribution is 1.20. The molecule has 1 aromatic carbocycles. The van der Waals surface area contributed by atoms with Gasteiger partial charge >= 0.3 is 0 Å². The molecule has 0 saturated carbocycles. The van der Waals surface area contributed by atoms with Gasteiger partial charge < -0.3 is 10.3 Å². The molecular weight excluding hydrogens is 328 g/mol. The van der Waals surface area contributed by atoms with Crippen LogP contribution in [0.5, 0.6) is 0 Å². The highest BCUT2D eigenvalue weighted by atomic mass is 16.1. The second-order valence-corrected chi connectivity index (χ2v) is 5.20. The van der Waals surface area contributed by atoms with Crippen molar-refractivity contribution in [1.29, 1.82) is 5.26 Å². The number of aromatic nitrogens is 2. The lowest BCUT2D eigenvalue weighted by Crippen LogP contribution is -2.14. The van der Waals surface area contributed by atoms with Crippen LogP contribution in [-0.2, 0) is 0 Å². The molecule has 0 unspecified atom stereocenters. The quantitative estimate of drug-likeness (QED) is 0.549. The number of nitrogens with one attached hydrogen (secondary N) is 2. The molecule has 26 heavy (non-hydrogen) atoms. The van der Waals surface area contributed by atoms with Gasteiger partial charge in [0.15, 0.2) is 0 Å². The molecule has 2 N–H and O–H groups in total. The van der Waals surface area contributed by atoms with Gasteiger partial charge in [0, 0.05) is 35.4 Å². The zero-order chi connectivity index (χ0) is 18.2. The van der Waals surface area contributed by atoms with Gasteiger partial charge in [0.05, 0.1) is 18.1 Å². The predicted octanol–water partition coefficient (Wildman–Crippen LogP) is 2.84. The molecule has 0 spiro atoms. The molecule has 0 aliphatic carbocycles. The van der Waals surface area contributed by atoms with E-state index in [9.17, 15) is 10.1 Å². The van der Waals surface area contributed by atoms with E-state index in [4.69, 9.17) is 0 Å². The van der Waals surface area contributed by atoms with Gasteiger partial charge in [-0.3, -0.25) is 9.78 Å². The maximum atomic E-state index is 11.9. The molecular formula is C19H14N6O. The zero-order valence-electron chi connectivity index (χ0n) is 13.6. The number of aromatic amines is 1. The largest absolute Gasteiger partial charge is 0.354 e. The normalized spacial score (nSPS) is 10.9. The van der Waals surface area contributed by atoms with Crippen molar-refractivity contribution in [2.45, 2.75) is 0 Å². The fourth-order valence-electron chi connectivity index (χ4n) is 2.20. The molecule has 0 saturated heterocycles. The number of nitriles is 1. The van der Waals surface area contributed by atoms with E-state index in [1.807, 2.05) is 42.5 Å². The van der Waals surface area contributed by atoms with E-state index in [0.717, 1.165) is 11.3 Å². The van der Waals surface area contributed by atoms with Crippen LogP contribution in [0, 0.1) is 11.3 Å². The van der Waals surface area contributed by atoms with E-state index >= 15 is 0 Å². The molecule has 0 atom stereocenters. The Labute approximate surface area is 149 Å². The van der Waals surface area contributed by atoms with Crippen molar-refractivity contribution >= 4 is 23.8 Å².